The first-order chi connectivity index (χ1) is 5.74. The molecule has 0 heterocycles. The predicted octanol–water partition coefficient (Wildman–Crippen LogP) is 1.45. The molecule has 1 aliphatic rings. The van der Waals surface area contributed by atoms with Gasteiger partial charge in [0, 0.05) is 25.2 Å². The summed E-state index contributed by atoms with van der Waals surface area (Å²) in [5, 5.41) is 3.29. The molecule has 12 heavy (non-hydrogen) atoms. The number of hydrogen-bond acceptors (Lipinski definition) is 2. The van der Waals surface area contributed by atoms with E-state index < -0.39 is 0 Å². The van der Waals surface area contributed by atoms with E-state index >= 15 is 0 Å². The van der Waals surface area contributed by atoms with Gasteiger partial charge in [0.15, 0.2) is 0 Å². The van der Waals surface area contributed by atoms with Crippen LogP contribution >= 0.6 is 0 Å². The Kier molecular flexibility index (Phi) is 3.60. The Morgan fingerprint density at radius 2 is 2.33 bits per heavy atom. The summed E-state index contributed by atoms with van der Waals surface area (Å²) in [6.45, 7) is 1.17. The smallest absolute Gasteiger partial charge is 0.0111 e. The van der Waals surface area contributed by atoms with Crippen molar-refractivity contribution in [3.05, 3.63) is 11.8 Å². The van der Waals surface area contributed by atoms with Gasteiger partial charge in [0.1, 0.15) is 0 Å². The molecular formula is C10H20N2. The van der Waals surface area contributed by atoms with E-state index in [2.05, 4.69) is 30.4 Å². The van der Waals surface area contributed by atoms with E-state index in [1.807, 2.05) is 7.05 Å². The monoisotopic (exact) mass is 168 g/mol. The van der Waals surface area contributed by atoms with Crippen LogP contribution in [0.4, 0.5) is 0 Å². The Labute approximate surface area is 75.6 Å². The van der Waals surface area contributed by atoms with Gasteiger partial charge in [-0.05, 0) is 33.4 Å². The molecule has 1 rings (SSSR count). The Hall–Kier alpha value is -0.500. The molecular weight excluding hydrogens is 148 g/mol. The maximum Gasteiger partial charge on any atom is 0.0111 e. The van der Waals surface area contributed by atoms with Crippen molar-refractivity contribution >= 4 is 0 Å². The highest BCUT2D eigenvalue weighted by molar-refractivity contribution is 5.07. The van der Waals surface area contributed by atoms with Crippen LogP contribution < -0.4 is 5.32 Å². The lowest BCUT2D eigenvalue weighted by atomic mass is 9.92. The number of nitrogens with one attached hydrogen (secondary N) is 1. The van der Waals surface area contributed by atoms with Gasteiger partial charge >= 0.3 is 0 Å². The average molecular weight is 168 g/mol. The van der Waals surface area contributed by atoms with Crippen LogP contribution in [-0.2, 0) is 0 Å². The van der Waals surface area contributed by atoms with E-state index in [1.54, 1.807) is 0 Å². The van der Waals surface area contributed by atoms with Crippen LogP contribution in [0.15, 0.2) is 11.8 Å². The zero-order valence-electron chi connectivity index (χ0n) is 8.43. The van der Waals surface area contributed by atoms with Gasteiger partial charge in [0.25, 0.3) is 0 Å². The van der Waals surface area contributed by atoms with Gasteiger partial charge in [-0.1, -0.05) is 6.08 Å². The Bertz CT molecular complexity index is 161. The van der Waals surface area contributed by atoms with Crippen LogP contribution in [0.3, 0.4) is 0 Å². The maximum atomic E-state index is 3.29. The minimum atomic E-state index is 0.735. The van der Waals surface area contributed by atoms with Crippen LogP contribution in [0, 0.1) is 5.92 Å². The molecule has 0 aromatic carbocycles. The molecule has 0 amide bonds. The Morgan fingerprint density at radius 3 is 2.92 bits per heavy atom. The highest BCUT2D eigenvalue weighted by Gasteiger charge is 2.16. The van der Waals surface area contributed by atoms with Crippen LogP contribution in [0.2, 0.25) is 0 Å². The first-order valence-corrected chi connectivity index (χ1v) is 4.76. The number of rotatable bonds is 3. The molecule has 0 fully saturated rings. The van der Waals surface area contributed by atoms with E-state index in [9.17, 15) is 0 Å². The molecule has 0 bridgehead atoms. The molecule has 1 atom stereocenters. The molecule has 0 aliphatic heterocycles. The van der Waals surface area contributed by atoms with E-state index in [-0.39, 0.29) is 0 Å². The van der Waals surface area contributed by atoms with E-state index in [4.69, 9.17) is 0 Å². The van der Waals surface area contributed by atoms with Gasteiger partial charge in [-0.2, -0.15) is 0 Å². The minimum Gasteiger partial charge on any atom is -0.391 e. The first-order valence-electron chi connectivity index (χ1n) is 4.76. The van der Waals surface area contributed by atoms with E-state index in [1.165, 1.54) is 31.5 Å². The lowest BCUT2D eigenvalue weighted by Crippen LogP contribution is -2.29. The second-order valence-electron chi connectivity index (χ2n) is 3.80. The fourth-order valence-electron chi connectivity index (χ4n) is 1.88. The fraction of sp³-hybridized carbons (Fsp3) is 0.800. The third-order valence-electron chi connectivity index (χ3n) is 2.43. The van der Waals surface area contributed by atoms with Crippen molar-refractivity contribution in [1.29, 1.82) is 0 Å². The van der Waals surface area contributed by atoms with Gasteiger partial charge < -0.3 is 10.2 Å². The molecule has 0 saturated carbocycles. The zero-order valence-corrected chi connectivity index (χ0v) is 8.43. The standard InChI is InChI=1S/C10H20N2/c1-11-10-7-5-4-6-9(10)8-12(2)3/h7,9,11H,4-6,8H2,1-3H3. The van der Waals surface area contributed by atoms with Crippen LogP contribution in [0.25, 0.3) is 0 Å². The molecule has 70 valence electrons. The molecule has 1 aliphatic carbocycles. The molecule has 2 nitrogen and oxygen atoms in total. The maximum absolute atomic E-state index is 3.29. The number of nitrogens with zero attached hydrogens (tertiary/aromatic N) is 1. The van der Waals surface area contributed by atoms with Gasteiger partial charge in [-0.15, -0.1) is 0 Å². The van der Waals surface area contributed by atoms with Crippen molar-refractivity contribution in [3.8, 4) is 0 Å². The quantitative estimate of drug-likeness (QED) is 0.686. The predicted molar refractivity (Wildman–Crippen MR) is 53.0 cm³/mol. The summed E-state index contributed by atoms with van der Waals surface area (Å²) < 4.78 is 0. The van der Waals surface area contributed by atoms with Crippen LogP contribution in [-0.4, -0.2) is 32.6 Å². The third-order valence-corrected chi connectivity index (χ3v) is 2.43. The molecule has 2 heteroatoms. The molecule has 0 aromatic rings. The minimum absolute atomic E-state index is 0.735. The topological polar surface area (TPSA) is 15.3 Å². The third kappa shape index (κ3) is 2.52. The molecule has 0 aromatic heterocycles. The van der Waals surface area contributed by atoms with Gasteiger partial charge in [0.2, 0.25) is 0 Å². The molecule has 1 N–H and O–H groups in total. The summed E-state index contributed by atoms with van der Waals surface area (Å²) in [6, 6.07) is 0. The van der Waals surface area contributed by atoms with E-state index in [0.717, 1.165) is 5.92 Å². The highest BCUT2D eigenvalue weighted by Crippen LogP contribution is 2.22. The molecule has 0 spiro atoms. The summed E-state index contributed by atoms with van der Waals surface area (Å²) in [6.07, 6.45) is 6.28. The van der Waals surface area contributed by atoms with Crippen molar-refractivity contribution in [2.45, 2.75) is 19.3 Å². The van der Waals surface area contributed by atoms with Gasteiger partial charge in [0.05, 0.1) is 0 Å². The lowest BCUT2D eigenvalue weighted by Gasteiger charge is -2.26. The van der Waals surface area contributed by atoms with Crippen molar-refractivity contribution < 1.29 is 0 Å². The zero-order chi connectivity index (χ0) is 8.97. The van der Waals surface area contributed by atoms with Crippen LogP contribution in [0.1, 0.15) is 19.3 Å². The Balaban J connectivity index is 2.49. The van der Waals surface area contributed by atoms with Crippen molar-refractivity contribution in [1.82, 2.24) is 10.2 Å². The first kappa shape index (κ1) is 9.59. The highest BCUT2D eigenvalue weighted by atomic mass is 15.1. The normalized spacial score (nSPS) is 24.0. The van der Waals surface area contributed by atoms with Crippen molar-refractivity contribution in [3.63, 3.8) is 0 Å². The molecule has 1 unspecified atom stereocenters. The second-order valence-corrected chi connectivity index (χ2v) is 3.80. The van der Waals surface area contributed by atoms with Gasteiger partial charge in [-0.3, -0.25) is 0 Å². The lowest BCUT2D eigenvalue weighted by molar-refractivity contribution is 0.321. The van der Waals surface area contributed by atoms with Crippen molar-refractivity contribution in [2.75, 3.05) is 27.7 Å². The second kappa shape index (κ2) is 4.51. The summed E-state index contributed by atoms with van der Waals surface area (Å²) in [7, 11) is 6.31. The average Bonchev–Trinajstić information content (AvgIpc) is 2.04. The largest absolute Gasteiger partial charge is 0.391 e. The molecule has 0 radical (unpaired) electrons. The van der Waals surface area contributed by atoms with Crippen molar-refractivity contribution in [2.24, 2.45) is 5.92 Å². The summed E-state index contributed by atoms with van der Waals surface area (Å²) in [5.41, 5.74) is 1.44. The number of allylic oxidation sites excluding steroid dienone is 1. The van der Waals surface area contributed by atoms with Gasteiger partial charge in [-0.25, -0.2) is 0 Å². The fourth-order valence-corrected chi connectivity index (χ4v) is 1.88. The summed E-state index contributed by atoms with van der Waals surface area (Å²) in [5.74, 6) is 0.735. The number of hydrogen-bond donors (Lipinski definition) is 1. The van der Waals surface area contributed by atoms with E-state index in [0.29, 0.717) is 0 Å². The summed E-state index contributed by atoms with van der Waals surface area (Å²) in [4.78, 5) is 2.27. The summed E-state index contributed by atoms with van der Waals surface area (Å²) >= 11 is 0. The molecule has 0 saturated heterocycles. The van der Waals surface area contributed by atoms with Crippen LogP contribution in [0.5, 0.6) is 0 Å². The SMILES string of the molecule is CNC1=CCCCC1CN(C)C. The Morgan fingerprint density at radius 1 is 1.58 bits per heavy atom.